The number of hydrogen-bond donors (Lipinski definition) is 0. The number of ether oxygens (including phenoxy) is 2. The Labute approximate surface area is 144 Å². The molecule has 0 fully saturated rings. The number of fused-ring (bicyclic) bond motifs is 1. The third-order valence-corrected chi connectivity index (χ3v) is 4.10. The Kier molecular flexibility index (Phi) is 4.86. The van der Waals surface area contributed by atoms with Gasteiger partial charge in [0.15, 0.2) is 5.82 Å². The van der Waals surface area contributed by atoms with Gasteiger partial charge in [-0.05, 0) is 40.9 Å². The molecule has 0 saturated heterocycles. The van der Waals surface area contributed by atoms with Gasteiger partial charge >= 0.3 is 6.09 Å². The van der Waals surface area contributed by atoms with Gasteiger partial charge in [-0.15, -0.1) is 0 Å². The molecule has 0 unspecified atom stereocenters. The predicted molar refractivity (Wildman–Crippen MR) is 96.8 cm³/mol. The van der Waals surface area contributed by atoms with E-state index in [1.54, 1.807) is 30.5 Å². The zero-order valence-electron chi connectivity index (χ0n) is 13.3. The van der Waals surface area contributed by atoms with E-state index in [9.17, 15) is 4.79 Å². The van der Waals surface area contributed by atoms with Crippen molar-refractivity contribution in [2.75, 3.05) is 17.7 Å². The summed E-state index contributed by atoms with van der Waals surface area (Å²) in [6.07, 6.45) is 1.27. The van der Waals surface area contributed by atoms with Crippen LogP contribution in [0.3, 0.4) is 0 Å². The minimum absolute atomic E-state index is 0.435. The number of amides is 1. The van der Waals surface area contributed by atoms with Crippen molar-refractivity contribution in [1.82, 2.24) is 4.98 Å². The summed E-state index contributed by atoms with van der Waals surface area (Å²) in [7, 11) is 1.53. The van der Waals surface area contributed by atoms with Gasteiger partial charge in [0.05, 0.1) is 7.11 Å². The molecule has 2 aromatic carbocycles. The molecule has 0 aliphatic heterocycles. The molecule has 0 aliphatic carbocycles. The molecule has 3 aromatic rings. The fourth-order valence-electron chi connectivity index (χ4n) is 2.27. The Hall–Kier alpha value is -2.73. The molecule has 0 saturated carbocycles. The van der Waals surface area contributed by atoms with Crippen LogP contribution in [0.4, 0.5) is 10.6 Å². The number of nitrogens with zero attached hydrogens (tertiary/aromatic N) is 2. The van der Waals surface area contributed by atoms with E-state index in [1.165, 1.54) is 23.4 Å². The highest BCUT2D eigenvalue weighted by molar-refractivity contribution is 8.00. The van der Waals surface area contributed by atoms with Crippen LogP contribution in [0.25, 0.3) is 10.8 Å². The maximum Gasteiger partial charge on any atom is 0.431 e. The van der Waals surface area contributed by atoms with Crippen LogP contribution in [-0.2, 0) is 0 Å². The lowest BCUT2D eigenvalue weighted by Gasteiger charge is -2.18. The third-order valence-electron chi connectivity index (χ3n) is 3.40. The Balaban J connectivity index is 1.82. The first kappa shape index (κ1) is 16.1. The first-order valence-electron chi connectivity index (χ1n) is 7.27. The van der Waals surface area contributed by atoms with Crippen LogP contribution < -0.4 is 13.8 Å². The molecule has 0 N–H and O–H groups in total. The van der Waals surface area contributed by atoms with Crippen molar-refractivity contribution in [1.29, 1.82) is 0 Å². The van der Waals surface area contributed by atoms with Crippen molar-refractivity contribution in [3.8, 4) is 11.6 Å². The van der Waals surface area contributed by atoms with E-state index in [0.29, 0.717) is 17.4 Å². The van der Waals surface area contributed by atoms with Gasteiger partial charge in [-0.1, -0.05) is 36.4 Å². The van der Waals surface area contributed by atoms with Crippen LogP contribution in [0.5, 0.6) is 11.6 Å². The number of hydrogen-bond acceptors (Lipinski definition) is 5. The third kappa shape index (κ3) is 3.44. The topological polar surface area (TPSA) is 51.7 Å². The molecule has 0 aliphatic rings. The van der Waals surface area contributed by atoms with Crippen molar-refractivity contribution in [2.24, 2.45) is 0 Å². The van der Waals surface area contributed by atoms with Crippen LogP contribution in [0.2, 0.25) is 0 Å². The molecule has 6 heteroatoms. The maximum absolute atomic E-state index is 12.5. The molecule has 1 amide bonds. The van der Waals surface area contributed by atoms with Crippen LogP contribution in [0, 0.1) is 0 Å². The number of aromatic nitrogens is 1. The highest BCUT2D eigenvalue weighted by Gasteiger charge is 2.19. The second-order valence-electron chi connectivity index (χ2n) is 4.89. The molecule has 1 heterocycles. The molecule has 0 spiro atoms. The molecule has 122 valence electrons. The van der Waals surface area contributed by atoms with E-state index >= 15 is 0 Å². The molecule has 24 heavy (non-hydrogen) atoms. The molecule has 0 bridgehead atoms. The lowest BCUT2D eigenvalue weighted by Crippen LogP contribution is -2.27. The largest absolute Gasteiger partial charge is 0.481 e. The first-order valence-corrected chi connectivity index (χ1v) is 8.45. The van der Waals surface area contributed by atoms with Gasteiger partial charge in [0.2, 0.25) is 5.88 Å². The van der Waals surface area contributed by atoms with E-state index in [1.807, 2.05) is 36.4 Å². The summed E-state index contributed by atoms with van der Waals surface area (Å²) >= 11 is 1.21. The van der Waals surface area contributed by atoms with Gasteiger partial charge in [0.25, 0.3) is 0 Å². The minimum atomic E-state index is -0.515. The monoisotopic (exact) mass is 340 g/mol. The Bertz CT molecular complexity index is 870. The molecular formula is C18H16N2O3S. The molecule has 5 nitrogen and oxygen atoms in total. The normalized spacial score (nSPS) is 10.4. The average molecular weight is 340 g/mol. The first-order chi connectivity index (χ1) is 11.7. The zero-order valence-corrected chi connectivity index (χ0v) is 14.1. The smallest absolute Gasteiger partial charge is 0.431 e. The van der Waals surface area contributed by atoms with E-state index < -0.39 is 6.09 Å². The SMILES string of the molecule is COc1cccc(N(SC)C(=O)Oc2ccc3ccccc3c2)n1. The van der Waals surface area contributed by atoms with Crippen molar-refractivity contribution in [3.05, 3.63) is 60.7 Å². The van der Waals surface area contributed by atoms with E-state index in [-0.39, 0.29) is 0 Å². The van der Waals surface area contributed by atoms with Crippen molar-refractivity contribution in [2.45, 2.75) is 0 Å². The molecule has 1 aromatic heterocycles. The summed E-state index contributed by atoms with van der Waals surface area (Å²) in [6, 6.07) is 18.6. The average Bonchev–Trinajstić information content (AvgIpc) is 2.62. The highest BCUT2D eigenvalue weighted by atomic mass is 32.2. The van der Waals surface area contributed by atoms with Crippen LogP contribution in [0.15, 0.2) is 60.7 Å². The Morgan fingerprint density at radius 2 is 1.83 bits per heavy atom. The quantitative estimate of drug-likeness (QED) is 0.653. The summed E-state index contributed by atoms with van der Waals surface area (Å²) < 4.78 is 12.0. The number of carbonyl (C=O) groups is 1. The molecule has 3 rings (SSSR count). The number of carbonyl (C=O) groups excluding carboxylic acids is 1. The Morgan fingerprint density at radius 3 is 2.58 bits per heavy atom. The lowest BCUT2D eigenvalue weighted by molar-refractivity contribution is 0.212. The summed E-state index contributed by atoms with van der Waals surface area (Å²) in [6.45, 7) is 0. The summed E-state index contributed by atoms with van der Waals surface area (Å²) in [5, 5.41) is 2.10. The number of anilines is 1. The number of benzene rings is 2. The number of pyridine rings is 1. The molecule has 0 atom stereocenters. The summed E-state index contributed by atoms with van der Waals surface area (Å²) in [5.74, 6) is 1.37. The fourth-order valence-corrected chi connectivity index (χ4v) is 2.74. The predicted octanol–water partition coefficient (Wildman–Crippen LogP) is 4.53. The van der Waals surface area contributed by atoms with Gasteiger partial charge < -0.3 is 9.47 Å². The maximum atomic E-state index is 12.5. The Morgan fingerprint density at radius 1 is 1.04 bits per heavy atom. The van der Waals surface area contributed by atoms with Crippen LogP contribution in [0.1, 0.15) is 0 Å². The van der Waals surface area contributed by atoms with Gasteiger partial charge in [0, 0.05) is 12.3 Å². The van der Waals surface area contributed by atoms with Gasteiger partial charge in [-0.3, -0.25) is 0 Å². The van der Waals surface area contributed by atoms with E-state index in [0.717, 1.165) is 10.8 Å². The summed E-state index contributed by atoms with van der Waals surface area (Å²) in [4.78, 5) is 16.7. The number of rotatable bonds is 4. The van der Waals surface area contributed by atoms with Crippen LogP contribution in [-0.4, -0.2) is 24.4 Å². The second kappa shape index (κ2) is 7.23. The van der Waals surface area contributed by atoms with Gasteiger partial charge in [-0.25, -0.2) is 9.10 Å². The van der Waals surface area contributed by atoms with Crippen molar-refractivity contribution < 1.29 is 14.3 Å². The van der Waals surface area contributed by atoms with Crippen molar-refractivity contribution >= 4 is 34.6 Å². The standard InChI is InChI=1S/C18H16N2O3S/c1-22-17-9-5-8-16(19-17)20(24-2)18(21)23-15-11-10-13-6-3-4-7-14(13)12-15/h3-12H,1-2H3. The zero-order chi connectivity index (χ0) is 16.9. The van der Waals surface area contributed by atoms with Gasteiger partial charge in [-0.2, -0.15) is 4.98 Å². The van der Waals surface area contributed by atoms with E-state index in [2.05, 4.69) is 4.98 Å². The second-order valence-corrected chi connectivity index (χ2v) is 5.62. The highest BCUT2D eigenvalue weighted by Crippen LogP contribution is 2.25. The lowest BCUT2D eigenvalue weighted by atomic mass is 10.1. The number of methoxy groups -OCH3 is 1. The van der Waals surface area contributed by atoms with E-state index in [4.69, 9.17) is 9.47 Å². The fraction of sp³-hybridized carbons (Fsp3) is 0.111. The van der Waals surface area contributed by atoms with Crippen LogP contribution >= 0.6 is 11.9 Å². The molecular weight excluding hydrogens is 324 g/mol. The molecule has 0 radical (unpaired) electrons. The summed E-state index contributed by atoms with van der Waals surface area (Å²) in [5.41, 5.74) is 0. The van der Waals surface area contributed by atoms with Gasteiger partial charge in [0.1, 0.15) is 5.75 Å². The minimum Gasteiger partial charge on any atom is -0.481 e. The van der Waals surface area contributed by atoms with Crippen molar-refractivity contribution in [3.63, 3.8) is 0 Å².